The Kier molecular flexibility index (Phi) is 5.07. The Bertz CT molecular complexity index is 721. The second kappa shape index (κ2) is 6.98. The van der Waals surface area contributed by atoms with Crippen molar-refractivity contribution in [1.82, 2.24) is 5.32 Å². The number of piperidine rings is 1. The van der Waals surface area contributed by atoms with Crippen molar-refractivity contribution in [3.05, 3.63) is 40.0 Å². The molecule has 6 heteroatoms. The normalized spacial score (nSPS) is 32.5. The van der Waals surface area contributed by atoms with E-state index < -0.39 is 18.3 Å². The Balaban J connectivity index is 1.73. The Morgan fingerprint density at radius 3 is 2.07 bits per heavy atom. The number of allylic oxidation sites excluding steroid dienone is 1. The molecule has 3 aliphatic rings. The maximum atomic E-state index is 15.9. The quantitative estimate of drug-likeness (QED) is 0.654. The van der Waals surface area contributed by atoms with Crippen LogP contribution in [0.3, 0.4) is 0 Å². The van der Waals surface area contributed by atoms with Crippen molar-refractivity contribution in [3.63, 3.8) is 0 Å². The Labute approximate surface area is 170 Å². The van der Waals surface area contributed by atoms with Gasteiger partial charge in [-0.25, -0.2) is 4.39 Å². The summed E-state index contributed by atoms with van der Waals surface area (Å²) in [5, 5.41) is 3.66. The molecule has 0 amide bonds. The summed E-state index contributed by atoms with van der Waals surface area (Å²) in [4.78, 5) is 0. The lowest BCUT2D eigenvalue weighted by atomic mass is 9.74. The molecule has 3 nitrogen and oxygen atoms in total. The molecule has 4 rings (SSSR count). The zero-order valence-electron chi connectivity index (χ0n) is 16.5. The van der Waals surface area contributed by atoms with Crippen molar-refractivity contribution in [2.24, 2.45) is 5.92 Å². The van der Waals surface area contributed by atoms with E-state index in [-0.39, 0.29) is 11.6 Å². The standard InChI is InChI=1S/C21H28BBrFNO2/c1-20(2)21(3,4)27-22(26-20)19(24)18(13-5-7-15(23)8-6-13)14-11-16-9-10-17(12-14)25-16/h5-8,14,16-17,25H,9-12H2,1-4H3. The highest BCUT2D eigenvalue weighted by atomic mass is 79.9. The molecule has 1 aromatic rings. The summed E-state index contributed by atoms with van der Waals surface area (Å²) >= 11 is 3.48. The summed E-state index contributed by atoms with van der Waals surface area (Å²) in [6, 6.07) is 8.92. The monoisotopic (exact) mass is 435 g/mol. The minimum Gasteiger partial charge on any atom is -0.398 e. The Hall–Kier alpha value is -0.685. The molecular formula is C21H28BBrFNO2. The maximum absolute atomic E-state index is 15.9. The Morgan fingerprint density at radius 1 is 1.04 bits per heavy atom. The molecule has 1 N–H and O–H groups in total. The molecule has 0 radical (unpaired) electrons. The second-order valence-electron chi connectivity index (χ2n) is 9.16. The molecule has 3 fully saturated rings. The number of nitrogens with one attached hydrogen (secondary N) is 1. The molecule has 0 aliphatic carbocycles. The Morgan fingerprint density at radius 2 is 1.56 bits per heavy atom. The number of benzene rings is 1. The number of hydrogen-bond acceptors (Lipinski definition) is 3. The van der Waals surface area contributed by atoms with Crippen LogP contribution in [-0.4, -0.2) is 30.4 Å². The van der Waals surface area contributed by atoms with E-state index in [2.05, 4.69) is 21.2 Å². The highest BCUT2D eigenvalue weighted by molar-refractivity contribution is 9.10. The minimum absolute atomic E-state index is 0.184. The number of rotatable bonds is 3. The summed E-state index contributed by atoms with van der Waals surface area (Å²) in [7, 11) is -0.943. The number of fused-ring (bicyclic) bond motifs is 2. The lowest BCUT2D eigenvalue weighted by molar-refractivity contribution is 0.00578. The van der Waals surface area contributed by atoms with E-state index in [1.54, 1.807) is 0 Å². The molecule has 0 spiro atoms. The molecular weight excluding hydrogens is 408 g/mol. The van der Waals surface area contributed by atoms with Gasteiger partial charge in [-0.15, -0.1) is 0 Å². The van der Waals surface area contributed by atoms with Gasteiger partial charge in [0.2, 0.25) is 0 Å². The smallest absolute Gasteiger partial charge is 0.398 e. The SMILES string of the molecule is CC1(C)OB(C(F)=C(c2ccc(Br)cc2)C2CC3CCC(C2)N3)OC1(C)C. The van der Waals surface area contributed by atoms with Crippen molar-refractivity contribution in [2.75, 3.05) is 0 Å². The number of hydrogen-bond donors (Lipinski definition) is 1. The van der Waals surface area contributed by atoms with Crippen LogP contribution < -0.4 is 5.32 Å². The van der Waals surface area contributed by atoms with E-state index in [1.165, 1.54) is 12.8 Å². The third-order valence-corrected chi connectivity index (χ3v) is 7.28. The van der Waals surface area contributed by atoms with Crippen LogP contribution in [0.15, 0.2) is 34.5 Å². The van der Waals surface area contributed by atoms with Gasteiger partial charge in [0, 0.05) is 16.6 Å². The zero-order valence-corrected chi connectivity index (χ0v) is 18.1. The van der Waals surface area contributed by atoms with Crippen LogP contribution >= 0.6 is 15.9 Å². The predicted octanol–water partition coefficient (Wildman–Crippen LogP) is 5.29. The van der Waals surface area contributed by atoms with Gasteiger partial charge in [-0.05, 0) is 82.6 Å². The lowest BCUT2D eigenvalue weighted by Gasteiger charge is -2.32. The van der Waals surface area contributed by atoms with Gasteiger partial charge in [0.25, 0.3) is 0 Å². The van der Waals surface area contributed by atoms with E-state index in [0.29, 0.717) is 12.1 Å². The van der Waals surface area contributed by atoms with Crippen LogP contribution in [0.1, 0.15) is 58.9 Å². The first-order chi connectivity index (χ1) is 12.7. The van der Waals surface area contributed by atoms with Gasteiger partial charge < -0.3 is 14.6 Å². The first kappa shape index (κ1) is 19.6. The van der Waals surface area contributed by atoms with Gasteiger partial charge in [0.15, 0.2) is 0 Å². The molecule has 3 heterocycles. The first-order valence-electron chi connectivity index (χ1n) is 9.93. The second-order valence-corrected chi connectivity index (χ2v) is 10.1. The highest BCUT2D eigenvalue weighted by Crippen LogP contribution is 2.45. The largest absolute Gasteiger partial charge is 0.525 e. The molecule has 2 unspecified atom stereocenters. The van der Waals surface area contributed by atoms with Gasteiger partial charge in [0.1, 0.15) is 5.73 Å². The molecule has 3 saturated heterocycles. The summed E-state index contributed by atoms with van der Waals surface area (Å²) in [5.41, 5.74) is 0.332. The molecule has 27 heavy (non-hydrogen) atoms. The van der Waals surface area contributed by atoms with Gasteiger partial charge in [-0.1, -0.05) is 28.1 Å². The first-order valence-corrected chi connectivity index (χ1v) is 10.7. The van der Waals surface area contributed by atoms with E-state index >= 15 is 4.39 Å². The van der Waals surface area contributed by atoms with E-state index in [9.17, 15) is 0 Å². The highest BCUT2D eigenvalue weighted by Gasteiger charge is 2.54. The molecule has 146 valence electrons. The van der Waals surface area contributed by atoms with Gasteiger partial charge in [0.05, 0.1) is 11.2 Å². The van der Waals surface area contributed by atoms with E-state index in [0.717, 1.165) is 28.5 Å². The fourth-order valence-electron chi connectivity index (χ4n) is 4.56. The average Bonchev–Trinajstić information content (AvgIpc) is 3.04. The van der Waals surface area contributed by atoms with Crippen LogP contribution in [-0.2, 0) is 9.31 Å². The summed E-state index contributed by atoms with van der Waals surface area (Å²) in [5.74, 6) is 0.184. The fourth-order valence-corrected chi connectivity index (χ4v) is 4.83. The fraction of sp³-hybridized carbons (Fsp3) is 0.619. The van der Waals surface area contributed by atoms with Crippen LogP contribution in [0.2, 0.25) is 0 Å². The van der Waals surface area contributed by atoms with Gasteiger partial charge in [-0.2, -0.15) is 0 Å². The predicted molar refractivity (Wildman–Crippen MR) is 111 cm³/mol. The molecule has 2 atom stereocenters. The van der Waals surface area contributed by atoms with E-state index in [4.69, 9.17) is 9.31 Å². The molecule has 0 aromatic heterocycles. The molecule has 1 aromatic carbocycles. The summed E-state index contributed by atoms with van der Waals surface area (Å²) in [6.45, 7) is 7.85. The van der Waals surface area contributed by atoms with Gasteiger partial charge in [-0.3, -0.25) is 0 Å². The van der Waals surface area contributed by atoms with Crippen molar-refractivity contribution in [2.45, 2.75) is 76.7 Å². The van der Waals surface area contributed by atoms with Crippen LogP contribution in [0.25, 0.3) is 5.57 Å². The van der Waals surface area contributed by atoms with Crippen LogP contribution in [0, 0.1) is 5.92 Å². The summed E-state index contributed by atoms with van der Waals surface area (Å²) in [6.07, 6.45) is 4.31. The molecule has 2 bridgehead atoms. The third-order valence-electron chi connectivity index (χ3n) is 6.75. The lowest BCUT2D eigenvalue weighted by Crippen LogP contribution is -2.41. The average molecular weight is 436 g/mol. The third kappa shape index (κ3) is 3.66. The maximum Gasteiger partial charge on any atom is 0.525 e. The van der Waals surface area contributed by atoms with Crippen LogP contribution in [0.4, 0.5) is 4.39 Å². The van der Waals surface area contributed by atoms with Crippen molar-refractivity contribution < 1.29 is 13.7 Å². The topological polar surface area (TPSA) is 30.5 Å². The summed E-state index contributed by atoms with van der Waals surface area (Å²) < 4.78 is 29.0. The number of halogens is 2. The van der Waals surface area contributed by atoms with Crippen molar-refractivity contribution in [3.8, 4) is 0 Å². The minimum atomic E-state index is -0.943. The van der Waals surface area contributed by atoms with Crippen molar-refractivity contribution >= 4 is 28.6 Å². The van der Waals surface area contributed by atoms with Gasteiger partial charge >= 0.3 is 7.12 Å². The zero-order chi connectivity index (χ0) is 19.4. The molecule has 3 aliphatic heterocycles. The van der Waals surface area contributed by atoms with E-state index in [1.807, 2.05) is 52.0 Å². The van der Waals surface area contributed by atoms with Crippen molar-refractivity contribution in [1.29, 1.82) is 0 Å². The molecule has 0 saturated carbocycles. The van der Waals surface area contributed by atoms with Crippen LogP contribution in [0.5, 0.6) is 0 Å².